The first-order valence-corrected chi connectivity index (χ1v) is 8.33. The zero-order valence-corrected chi connectivity index (χ0v) is 14.3. The van der Waals surface area contributed by atoms with Crippen molar-refractivity contribution in [1.29, 1.82) is 0 Å². The first-order valence-electron chi connectivity index (χ1n) is 8.33. The number of amides is 1. The summed E-state index contributed by atoms with van der Waals surface area (Å²) in [4.78, 5) is 27.9. The molecule has 0 saturated heterocycles. The summed E-state index contributed by atoms with van der Waals surface area (Å²) in [6.45, 7) is 2.53. The number of aromatic nitrogens is 1. The van der Waals surface area contributed by atoms with E-state index in [4.69, 9.17) is 0 Å². The van der Waals surface area contributed by atoms with Gasteiger partial charge in [-0.25, -0.2) is 0 Å². The van der Waals surface area contributed by atoms with Crippen LogP contribution in [-0.2, 0) is 9.53 Å². The van der Waals surface area contributed by atoms with Crippen LogP contribution in [0.25, 0.3) is 10.9 Å². The van der Waals surface area contributed by atoms with Gasteiger partial charge < -0.3 is 10.1 Å². The average molecular weight is 328 g/mol. The van der Waals surface area contributed by atoms with Crippen molar-refractivity contribution in [2.45, 2.75) is 39.0 Å². The molecule has 1 aromatic carbocycles. The molecule has 1 N–H and O–H groups in total. The van der Waals surface area contributed by atoms with Crippen LogP contribution in [0.2, 0.25) is 0 Å². The van der Waals surface area contributed by atoms with Crippen molar-refractivity contribution >= 4 is 22.8 Å². The molecule has 1 aromatic heterocycles. The van der Waals surface area contributed by atoms with Crippen molar-refractivity contribution in [3.63, 3.8) is 0 Å². The fourth-order valence-electron chi connectivity index (χ4n) is 2.64. The maximum absolute atomic E-state index is 12.4. The number of esters is 1. The monoisotopic (exact) mass is 328 g/mol. The lowest BCUT2D eigenvalue weighted by molar-refractivity contribution is -0.140. The Morgan fingerprint density at radius 3 is 2.67 bits per heavy atom. The first kappa shape index (κ1) is 17.9. The maximum atomic E-state index is 12.4. The van der Waals surface area contributed by atoms with Crippen LogP contribution in [0.1, 0.15) is 48.2 Å². The van der Waals surface area contributed by atoms with Crippen LogP contribution in [0.15, 0.2) is 30.3 Å². The molecule has 2 aromatic rings. The molecule has 128 valence electrons. The van der Waals surface area contributed by atoms with E-state index < -0.39 is 0 Å². The summed E-state index contributed by atoms with van der Waals surface area (Å²) in [5, 5.41) is 3.84. The van der Waals surface area contributed by atoms with Crippen LogP contribution < -0.4 is 5.32 Å². The number of fused-ring (bicyclic) bond motifs is 1. The second kappa shape index (κ2) is 9.01. The van der Waals surface area contributed by atoms with Gasteiger partial charge >= 0.3 is 5.97 Å². The lowest BCUT2D eigenvalue weighted by Crippen LogP contribution is -2.24. The standard InChI is InChI=1S/C19H24N2O3/c1-14-13-16(15-9-6-7-10-17(15)21-14)19(23)20-12-8-4-3-5-11-18(22)24-2/h6-7,9-10,13H,3-5,8,11-12H2,1-2H3,(H,20,23). The van der Waals surface area contributed by atoms with E-state index in [1.54, 1.807) is 0 Å². The van der Waals surface area contributed by atoms with E-state index in [-0.39, 0.29) is 11.9 Å². The van der Waals surface area contributed by atoms with Gasteiger partial charge in [0.25, 0.3) is 5.91 Å². The van der Waals surface area contributed by atoms with Gasteiger partial charge in [0.1, 0.15) is 0 Å². The Bertz CT molecular complexity index is 713. The van der Waals surface area contributed by atoms with Crippen molar-refractivity contribution in [1.82, 2.24) is 10.3 Å². The predicted octanol–water partition coefficient (Wildman–Crippen LogP) is 3.40. The molecule has 0 aliphatic rings. The zero-order valence-electron chi connectivity index (χ0n) is 14.3. The highest BCUT2D eigenvalue weighted by atomic mass is 16.5. The third kappa shape index (κ3) is 5.05. The van der Waals surface area contributed by atoms with E-state index in [1.807, 2.05) is 37.3 Å². The number of hydrogen-bond acceptors (Lipinski definition) is 4. The van der Waals surface area contributed by atoms with E-state index in [0.29, 0.717) is 18.5 Å². The molecule has 0 aliphatic carbocycles. The van der Waals surface area contributed by atoms with Crippen LogP contribution in [0.3, 0.4) is 0 Å². The van der Waals surface area contributed by atoms with Gasteiger partial charge in [-0.2, -0.15) is 0 Å². The zero-order chi connectivity index (χ0) is 17.4. The van der Waals surface area contributed by atoms with Crippen molar-refractivity contribution < 1.29 is 14.3 Å². The molecule has 5 heteroatoms. The smallest absolute Gasteiger partial charge is 0.305 e. The molecule has 0 atom stereocenters. The van der Waals surface area contributed by atoms with Crippen LogP contribution >= 0.6 is 0 Å². The minimum absolute atomic E-state index is 0.0636. The molecule has 0 fully saturated rings. The first-order chi connectivity index (χ1) is 11.6. The van der Waals surface area contributed by atoms with Crippen LogP contribution in [0.4, 0.5) is 0 Å². The van der Waals surface area contributed by atoms with Gasteiger partial charge in [0.2, 0.25) is 0 Å². The summed E-state index contributed by atoms with van der Waals surface area (Å²) in [6.07, 6.45) is 4.13. The highest BCUT2D eigenvalue weighted by molar-refractivity contribution is 6.06. The number of hydrogen-bond donors (Lipinski definition) is 1. The van der Waals surface area contributed by atoms with Gasteiger partial charge in [0.05, 0.1) is 18.2 Å². The molecule has 1 amide bonds. The highest BCUT2D eigenvalue weighted by Crippen LogP contribution is 2.18. The summed E-state index contributed by atoms with van der Waals surface area (Å²) < 4.78 is 4.60. The van der Waals surface area contributed by atoms with Gasteiger partial charge in [-0.05, 0) is 31.9 Å². The number of carbonyl (C=O) groups excluding carboxylic acids is 2. The SMILES string of the molecule is COC(=O)CCCCCCNC(=O)c1cc(C)nc2ccccc12. The van der Waals surface area contributed by atoms with E-state index in [1.165, 1.54) is 7.11 Å². The number of carbonyl (C=O) groups is 2. The largest absolute Gasteiger partial charge is 0.469 e. The van der Waals surface area contributed by atoms with Crippen LogP contribution in [0.5, 0.6) is 0 Å². The lowest BCUT2D eigenvalue weighted by Gasteiger charge is -2.09. The van der Waals surface area contributed by atoms with Gasteiger partial charge in [0.15, 0.2) is 0 Å². The molecule has 0 unspecified atom stereocenters. The topological polar surface area (TPSA) is 68.3 Å². The van der Waals surface area contributed by atoms with Gasteiger partial charge in [-0.15, -0.1) is 0 Å². The van der Waals surface area contributed by atoms with Crippen molar-refractivity contribution in [2.24, 2.45) is 0 Å². The van der Waals surface area contributed by atoms with Crippen LogP contribution in [-0.4, -0.2) is 30.5 Å². The number of unbranched alkanes of at least 4 members (excludes halogenated alkanes) is 3. The molecule has 2 rings (SSSR count). The number of para-hydroxylation sites is 1. The number of benzene rings is 1. The molecule has 1 heterocycles. The normalized spacial score (nSPS) is 10.6. The maximum Gasteiger partial charge on any atom is 0.305 e. The van der Waals surface area contributed by atoms with E-state index in [2.05, 4.69) is 15.0 Å². The number of aryl methyl sites for hydroxylation is 1. The van der Waals surface area contributed by atoms with E-state index in [0.717, 1.165) is 42.3 Å². The third-order valence-corrected chi connectivity index (χ3v) is 3.91. The quantitative estimate of drug-likeness (QED) is 0.596. The molecule has 5 nitrogen and oxygen atoms in total. The van der Waals surface area contributed by atoms with Gasteiger partial charge in [0, 0.05) is 24.0 Å². The summed E-state index contributed by atoms with van der Waals surface area (Å²) >= 11 is 0. The molecular weight excluding hydrogens is 304 g/mol. The molecule has 0 bridgehead atoms. The van der Waals surface area contributed by atoms with Gasteiger partial charge in [-0.1, -0.05) is 31.0 Å². The minimum atomic E-state index is -0.164. The van der Waals surface area contributed by atoms with E-state index >= 15 is 0 Å². The Morgan fingerprint density at radius 2 is 1.88 bits per heavy atom. The van der Waals surface area contributed by atoms with Crippen LogP contribution in [0, 0.1) is 6.92 Å². The predicted molar refractivity (Wildman–Crippen MR) is 93.9 cm³/mol. The summed E-state index contributed by atoms with van der Waals surface area (Å²) in [5.74, 6) is -0.227. The second-order valence-corrected chi connectivity index (χ2v) is 5.82. The number of methoxy groups -OCH3 is 1. The molecular formula is C19H24N2O3. The highest BCUT2D eigenvalue weighted by Gasteiger charge is 2.11. The fraction of sp³-hybridized carbons (Fsp3) is 0.421. The summed E-state index contributed by atoms with van der Waals surface area (Å²) in [7, 11) is 1.41. The molecule has 0 radical (unpaired) electrons. The average Bonchev–Trinajstić information content (AvgIpc) is 2.59. The molecule has 0 saturated carbocycles. The van der Waals surface area contributed by atoms with Gasteiger partial charge in [-0.3, -0.25) is 14.6 Å². The van der Waals surface area contributed by atoms with E-state index in [9.17, 15) is 9.59 Å². The van der Waals surface area contributed by atoms with Crippen molar-refractivity contribution in [3.8, 4) is 0 Å². The Kier molecular flexibility index (Phi) is 6.73. The van der Waals surface area contributed by atoms with Crippen molar-refractivity contribution in [2.75, 3.05) is 13.7 Å². The molecule has 0 spiro atoms. The number of ether oxygens (including phenoxy) is 1. The Morgan fingerprint density at radius 1 is 1.12 bits per heavy atom. The lowest BCUT2D eigenvalue weighted by atomic mass is 10.1. The number of nitrogens with one attached hydrogen (secondary N) is 1. The Hall–Kier alpha value is -2.43. The fourth-order valence-corrected chi connectivity index (χ4v) is 2.64. The molecule has 0 aliphatic heterocycles. The van der Waals surface area contributed by atoms with Crippen molar-refractivity contribution in [3.05, 3.63) is 41.6 Å². The number of pyridine rings is 1. The third-order valence-electron chi connectivity index (χ3n) is 3.91. The summed E-state index contributed by atoms with van der Waals surface area (Å²) in [6, 6.07) is 9.50. The second-order valence-electron chi connectivity index (χ2n) is 5.82. The summed E-state index contributed by atoms with van der Waals surface area (Å²) in [5.41, 5.74) is 2.34. The number of rotatable bonds is 8. The Balaban J connectivity index is 1.80. The minimum Gasteiger partial charge on any atom is -0.469 e. The number of nitrogens with zero attached hydrogens (tertiary/aromatic N) is 1. The Labute approximate surface area is 142 Å². The molecule has 24 heavy (non-hydrogen) atoms.